The number of ether oxygens (including phenoxy) is 2. The fraction of sp³-hybridized carbons (Fsp3) is 0.971. The maximum atomic E-state index is 13.0. The Labute approximate surface area is 278 Å². The first-order valence-corrected chi connectivity index (χ1v) is 19.9. The maximum absolute atomic E-state index is 13.0. The zero-order chi connectivity index (χ0) is 33.7. The van der Waals surface area contributed by atoms with Crippen LogP contribution in [-0.2, 0) is 23.1 Å². The highest BCUT2D eigenvalue weighted by atomic mass is 31.2. The third-order valence-corrected chi connectivity index (χ3v) is 8.93. The molecule has 0 aliphatic rings. The van der Waals surface area contributed by atoms with Gasteiger partial charge in [-0.15, -0.1) is 0 Å². The highest BCUT2D eigenvalue weighted by molar-refractivity contribution is 7.45. The number of hydrogen-bond donors (Lipinski definition) is 0. The largest absolute Gasteiger partial charge is 0.756 e. The van der Waals surface area contributed by atoms with Crippen molar-refractivity contribution in [3.8, 4) is 0 Å². The number of quaternary nitrogens is 1. The van der Waals surface area contributed by atoms with Gasteiger partial charge < -0.3 is 32.8 Å². The average molecular weight is 665 g/mol. The van der Waals surface area contributed by atoms with Gasteiger partial charge in [0.05, 0.1) is 34.4 Å². The van der Waals surface area contributed by atoms with Crippen molar-refractivity contribution in [3.63, 3.8) is 0 Å². The molecule has 0 aromatic carbocycles. The molecule has 0 saturated heterocycles. The first kappa shape index (κ1) is 44.3. The Balaban J connectivity index is 4.38. The summed E-state index contributed by atoms with van der Waals surface area (Å²) in [6, 6.07) is 0. The quantitative estimate of drug-likeness (QED) is 0.0393. The molecule has 0 aromatic heterocycles. The molecule has 1 amide bonds. The second kappa shape index (κ2) is 29.4. The number of likely N-dealkylation sites (N-methyl/N-ethyl adjacent to an activating group) is 1. The van der Waals surface area contributed by atoms with Crippen LogP contribution < -0.4 is 4.89 Å². The molecule has 0 saturated carbocycles. The van der Waals surface area contributed by atoms with E-state index in [4.69, 9.17) is 18.5 Å². The Kier molecular flexibility index (Phi) is 29.0. The second-order valence-corrected chi connectivity index (χ2v) is 15.1. The van der Waals surface area contributed by atoms with Crippen LogP contribution in [0.2, 0.25) is 0 Å². The van der Waals surface area contributed by atoms with Crippen LogP contribution in [0.15, 0.2) is 0 Å². The summed E-state index contributed by atoms with van der Waals surface area (Å²) in [7, 11) is 1.33. The fourth-order valence-electron chi connectivity index (χ4n) is 4.93. The Bertz CT molecular complexity index is 713. The van der Waals surface area contributed by atoms with Gasteiger partial charge in [-0.25, -0.2) is 4.79 Å². The standard InChI is InChI=1S/C35H73N2O7P/c1-7-10-13-14-15-16-17-18-19-20-21-22-23-24-25-26-30-41-32-34(33-43-45(39,40)42-31-29-37(4,5)6)44-35(38)36(27-11-8-2)28-12-9-3/h34H,7-33H2,1-6H3. The molecule has 0 aromatic rings. The topological polar surface area (TPSA) is 97.4 Å². The molecular weight excluding hydrogens is 591 g/mol. The second-order valence-electron chi connectivity index (χ2n) is 13.7. The van der Waals surface area contributed by atoms with E-state index in [1.54, 1.807) is 4.90 Å². The van der Waals surface area contributed by atoms with Crippen LogP contribution in [0.4, 0.5) is 4.79 Å². The van der Waals surface area contributed by atoms with E-state index in [1.807, 2.05) is 21.1 Å². The summed E-state index contributed by atoms with van der Waals surface area (Å²) >= 11 is 0. The Morgan fingerprint density at radius 3 is 1.53 bits per heavy atom. The van der Waals surface area contributed by atoms with Crippen molar-refractivity contribution in [3.05, 3.63) is 0 Å². The summed E-state index contributed by atoms with van der Waals surface area (Å²) in [5.41, 5.74) is 0. The number of rotatable bonds is 33. The Morgan fingerprint density at radius 2 is 1.09 bits per heavy atom. The van der Waals surface area contributed by atoms with Crippen LogP contribution in [-0.4, -0.2) is 88.8 Å². The zero-order valence-corrected chi connectivity index (χ0v) is 31.3. The minimum absolute atomic E-state index is 0.0201. The van der Waals surface area contributed by atoms with Gasteiger partial charge in [-0.3, -0.25) is 4.57 Å². The van der Waals surface area contributed by atoms with Crippen molar-refractivity contribution in [2.45, 2.75) is 155 Å². The molecule has 0 fully saturated rings. The van der Waals surface area contributed by atoms with Gasteiger partial charge in [-0.1, -0.05) is 130 Å². The van der Waals surface area contributed by atoms with Gasteiger partial charge in [0, 0.05) is 19.7 Å². The average Bonchev–Trinajstić information content (AvgIpc) is 2.98. The van der Waals surface area contributed by atoms with Crippen molar-refractivity contribution in [2.75, 3.05) is 67.2 Å². The smallest absolute Gasteiger partial charge is 0.410 e. The molecule has 0 aliphatic carbocycles. The molecule has 0 rings (SSSR count). The third-order valence-electron chi connectivity index (χ3n) is 7.96. The van der Waals surface area contributed by atoms with E-state index in [1.165, 1.54) is 89.9 Å². The van der Waals surface area contributed by atoms with Crippen molar-refractivity contribution in [1.29, 1.82) is 0 Å². The summed E-state index contributed by atoms with van der Waals surface area (Å²) in [6.45, 7) is 8.48. The predicted octanol–water partition coefficient (Wildman–Crippen LogP) is 8.88. The number of hydrogen-bond acceptors (Lipinski definition) is 7. The minimum atomic E-state index is -4.53. The third kappa shape index (κ3) is 30.4. The normalized spacial score (nSPS) is 13.9. The molecule has 0 spiro atoms. The molecule has 0 radical (unpaired) electrons. The fourth-order valence-corrected chi connectivity index (χ4v) is 5.66. The molecule has 0 aliphatic heterocycles. The lowest BCUT2D eigenvalue weighted by atomic mass is 10.0. The lowest BCUT2D eigenvalue weighted by Crippen LogP contribution is -2.39. The van der Waals surface area contributed by atoms with E-state index in [9.17, 15) is 14.3 Å². The number of nitrogens with zero attached hydrogens (tertiary/aromatic N) is 2. The summed E-state index contributed by atoms with van der Waals surface area (Å²) in [5, 5.41) is 0. The van der Waals surface area contributed by atoms with Crippen LogP contribution in [0.25, 0.3) is 0 Å². The molecule has 0 bridgehead atoms. The molecule has 0 N–H and O–H groups in total. The monoisotopic (exact) mass is 665 g/mol. The number of carbonyl (C=O) groups is 1. The Morgan fingerprint density at radius 1 is 0.644 bits per heavy atom. The van der Waals surface area contributed by atoms with Gasteiger partial charge in [0.15, 0.2) is 6.10 Å². The summed E-state index contributed by atoms with van der Waals surface area (Å²) in [5.74, 6) is 0. The summed E-state index contributed by atoms with van der Waals surface area (Å²) in [4.78, 5) is 27.0. The van der Waals surface area contributed by atoms with Crippen LogP contribution in [0.1, 0.15) is 149 Å². The Hall–Kier alpha value is -0.700. The van der Waals surface area contributed by atoms with Crippen LogP contribution in [0, 0.1) is 0 Å². The van der Waals surface area contributed by atoms with Crippen molar-refractivity contribution < 1.29 is 37.3 Å². The minimum Gasteiger partial charge on any atom is -0.756 e. The number of phosphoric acid groups is 1. The molecule has 270 valence electrons. The number of phosphoric ester groups is 1. The molecule has 10 heteroatoms. The van der Waals surface area contributed by atoms with E-state index >= 15 is 0 Å². The van der Waals surface area contributed by atoms with Crippen molar-refractivity contribution in [1.82, 2.24) is 4.90 Å². The number of carbonyl (C=O) groups excluding carboxylic acids is 1. The molecule has 0 heterocycles. The SMILES string of the molecule is CCCCCCCCCCCCCCCCCCOCC(COP(=O)([O-])OCC[N+](C)(C)C)OC(=O)N(CCCC)CCCC. The van der Waals surface area contributed by atoms with E-state index in [-0.39, 0.29) is 19.8 Å². The van der Waals surface area contributed by atoms with E-state index in [2.05, 4.69) is 20.8 Å². The lowest BCUT2D eigenvalue weighted by molar-refractivity contribution is -0.870. The van der Waals surface area contributed by atoms with Gasteiger partial charge in [0.25, 0.3) is 7.82 Å². The van der Waals surface area contributed by atoms with Crippen molar-refractivity contribution >= 4 is 13.9 Å². The first-order valence-electron chi connectivity index (χ1n) is 18.5. The number of unbranched alkanes of at least 4 members (excludes halogenated alkanes) is 17. The van der Waals surface area contributed by atoms with Crippen LogP contribution in [0.5, 0.6) is 0 Å². The summed E-state index contributed by atoms with van der Waals surface area (Å²) < 4.78 is 34.6. The van der Waals surface area contributed by atoms with Crippen molar-refractivity contribution in [2.24, 2.45) is 0 Å². The molecule has 2 unspecified atom stereocenters. The molecule has 2 atom stereocenters. The van der Waals surface area contributed by atoms with Gasteiger partial charge in [0.1, 0.15) is 13.2 Å². The molecule has 45 heavy (non-hydrogen) atoms. The van der Waals surface area contributed by atoms with Gasteiger partial charge in [-0.05, 0) is 19.3 Å². The lowest BCUT2D eigenvalue weighted by Gasteiger charge is -2.29. The van der Waals surface area contributed by atoms with Gasteiger partial charge in [-0.2, -0.15) is 0 Å². The van der Waals surface area contributed by atoms with Crippen LogP contribution in [0.3, 0.4) is 0 Å². The molecule has 9 nitrogen and oxygen atoms in total. The highest BCUT2D eigenvalue weighted by Crippen LogP contribution is 2.38. The zero-order valence-electron chi connectivity index (χ0n) is 30.4. The van der Waals surface area contributed by atoms with Gasteiger partial charge >= 0.3 is 6.09 Å². The molecular formula is C35H73N2O7P. The van der Waals surface area contributed by atoms with Crippen LogP contribution >= 0.6 is 7.82 Å². The summed E-state index contributed by atoms with van der Waals surface area (Å²) in [6.07, 6.45) is 23.4. The predicted molar refractivity (Wildman–Crippen MR) is 184 cm³/mol. The highest BCUT2D eigenvalue weighted by Gasteiger charge is 2.23. The van der Waals surface area contributed by atoms with E-state index < -0.39 is 20.0 Å². The van der Waals surface area contributed by atoms with E-state index in [0.717, 1.165) is 38.5 Å². The van der Waals surface area contributed by atoms with Gasteiger partial charge in [0.2, 0.25) is 0 Å². The number of amides is 1. The maximum Gasteiger partial charge on any atom is 0.410 e. The van der Waals surface area contributed by atoms with E-state index in [0.29, 0.717) is 30.7 Å². The first-order chi connectivity index (χ1) is 21.5.